The average Bonchev–Trinajstić information content (AvgIpc) is 2.81. The molecule has 0 radical (unpaired) electrons. The molecule has 1 N–H and O–H groups in total. The zero-order valence-corrected chi connectivity index (χ0v) is 17.6. The second-order valence-electron chi connectivity index (χ2n) is 9.08. The number of fused-ring (bicyclic) bond motifs is 4. The second kappa shape index (κ2) is 8.12. The molecular formula is C25H30FN3O. The van der Waals surface area contributed by atoms with E-state index in [1.54, 1.807) is 6.92 Å². The number of amides is 1. The quantitative estimate of drug-likeness (QED) is 0.764. The van der Waals surface area contributed by atoms with Gasteiger partial charge in [0.15, 0.2) is 0 Å². The standard InChI is InChI=1S/C25H30FN3O/c1-17(18-6-3-2-4-7-18)29(26)25(30)20-9-10-22-19(14-20)11-13-28-16-21-8-5-12-27-23(21)15-24(22)28/h2-4,6-7,9-10,14,17,21,23-24,27H,5,8,11-13,15-16H2,1H3/t17-,21-,23+,24+/m1/s1. The molecule has 1 amide bonds. The van der Waals surface area contributed by atoms with E-state index >= 15 is 0 Å². The Kier molecular flexibility index (Phi) is 5.34. The molecule has 4 nitrogen and oxygen atoms in total. The van der Waals surface area contributed by atoms with Crippen molar-refractivity contribution in [3.05, 3.63) is 70.8 Å². The first-order valence-electron chi connectivity index (χ1n) is 11.3. The van der Waals surface area contributed by atoms with Crippen LogP contribution in [0.1, 0.15) is 65.3 Å². The molecule has 0 saturated carbocycles. The molecule has 0 aliphatic carbocycles. The Balaban J connectivity index is 1.35. The van der Waals surface area contributed by atoms with Gasteiger partial charge in [-0.2, -0.15) is 5.12 Å². The number of rotatable bonds is 3. The first-order valence-corrected chi connectivity index (χ1v) is 11.3. The summed E-state index contributed by atoms with van der Waals surface area (Å²) >= 11 is 0. The molecule has 5 heteroatoms. The van der Waals surface area contributed by atoms with Crippen LogP contribution in [0.3, 0.4) is 0 Å². The summed E-state index contributed by atoms with van der Waals surface area (Å²) in [7, 11) is 0. The number of carbonyl (C=O) groups is 1. The number of hydrogen-bond donors (Lipinski definition) is 1. The van der Waals surface area contributed by atoms with Gasteiger partial charge in [0, 0.05) is 30.7 Å². The highest BCUT2D eigenvalue weighted by Gasteiger charge is 2.39. The highest BCUT2D eigenvalue weighted by Crippen LogP contribution is 2.40. The number of carbonyl (C=O) groups excluding carboxylic acids is 1. The molecule has 2 saturated heterocycles. The molecule has 5 rings (SSSR count). The lowest BCUT2D eigenvalue weighted by Gasteiger charge is -2.49. The van der Waals surface area contributed by atoms with E-state index in [-0.39, 0.29) is 0 Å². The minimum Gasteiger partial charge on any atom is -0.314 e. The normalized spacial score (nSPS) is 26.8. The maximum Gasteiger partial charge on any atom is 0.282 e. The van der Waals surface area contributed by atoms with E-state index in [9.17, 15) is 9.28 Å². The molecule has 158 valence electrons. The number of nitrogens with zero attached hydrogens (tertiary/aromatic N) is 2. The molecule has 4 atom stereocenters. The first-order chi connectivity index (χ1) is 14.6. The number of benzene rings is 2. The van der Waals surface area contributed by atoms with Crippen molar-refractivity contribution >= 4 is 5.91 Å². The van der Waals surface area contributed by atoms with Crippen LogP contribution in [0.25, 0.3) is 0 Å². The van der Waals surface area contributed by atoms with Crippen LogP contribution in [0.4, 0.5) is 4.48 Å². The van der Waals surface area contributed by atoms with Gasteiger partial charge in [0.1, 0.15) is 0 Å². The lowest BCUT2D eigenvalue weighted by atomic mass is 9.77. The van der Waals surface area contributed by atoms with E-state index in [4.69, 9.17) is 0 Å². The van der Waals surface area contributed by atoms with Gasteiger partial charge in [0.2, 0.25) is 0 Å². The van der Waals surface area contributed by atoms with Crippen molar-refractivity contribution < 1.29 is 9.28 Å². The summed E-state index contributed by atoms with van der Waals surface area (Å²) in [6, 6.07) is 15.5. The lowest BCUT2D eigenvalue weighted by molar-refractivity contribution is -0.00302. The van der Waals surface area contributed by atoms with Crippen molar-refractivity contribution in [2.75, 3.05) is 19.6 Å². The summed E-state index contributed by atoms with van der Waals surface area (Å²) in [4.78, 5) is 15.5. The first kappa shape index (κ1) is 19.7. The second-order valence-corrected chi connectivity index (χ2v) is 9.08. The fraction of sp³-hybridized carbons (Fsp3) is 0.480. The molecule has 0 bridgehead atoms. The molecule has 2 aromatic rings. The summed E-state index contributed by atoms with van der Waals surface area (Å²) < 4.78 is 14.9. The van der Waals surface area contributed by atoms with E-state index in [2.05, 4.69) is 16.3 Å². The van der Waals surface area contributed by atoms with Crippen molar-refractivity contribution in [1.82, 2.24) is 15.3 Å². The molecule has 2 aromatic carbocycles. The van der Waals surface area contributed by atoms with Crippen molar-refractivity contribution in [1.29, 1.82) is 0 Å². The third-order valence-electron chi connectivity index (χ3n) is 7.35. The number of piperidine rings is 2. The van der Waals surface area contributed by atoms with E-state index in [1.165, 1.54) is 24.0 Å². The van der Waals surface area contributed by atoms with Crippen LogP contribution in [0.5, 0.6) is 0 Å². The molecule has 3 heterocycles. The Morgan fingerprint density at radius 2 is 2.07 bits per heavy atom. The van der Waals surface area contributed by atoms with Crippen molar-refractivity contribution in [3.63, 3.8) is 0 Å². The Bertz CT molecular complexity index is 918. The predicted octanol–water partition coefficient (Wildman–Crippen LogP) is 4.45. The summed E-state index contributed by atoms with van der Waals surface area (Å²) in [6.45, 7) is 5.03. The zero-order valence-electron chi connectivity index (χ0n) is 17.6. The highest BCUT2D eigenvalue weighted by molar-refractivity contribution is 5.94. The zero-order chi connectivity index (χ0) is 20.7. The van der Waals surface area contributed by atoms with Crippen LogP contribution < -0.4 is 5.32 Å². The van der Waals surface area contributed by atoms with Crippen molar-refractivity contribution in [3.8, 4) is 0 Å². The molecule has 2 fully saturated rings. The SMILES string of the molecule is C[C@H](c1ccccc1)N(F)C(=O)c1ccc2c(c1)CCN1C[C@H]3CCCN[C@H]3C[C@@H]21. The number of nitrogens with one attached hydrogen (secondary N) is 1. The van der Waals surface area contributed by atoms with Crippen LogP contribution >= 0.6 is 0 Å². The minimum atomic E-state index is -0.613. The fourth-order valence-electron chi connectivity index (χ4n) is 5.61. The topological polar surface area (TPSA) is 35.6 Å². The smallest absolute Gasteiger partial charge is 0.282 e. The molecule has 3 aliphatic rings. The van der Waals surface area contributed by atoms with Crippen LogP contribution in [0.2, 0.25) is 0 Å². The monoisotopic (exact) mass is 407 g/mol. The van der Waals surface area contributed by atoms with Gasteiger partial charge in [-0.3, -0.25) is 9.69 Å². The van der Waals surface area contributed by atoms with Gasteiger partial charge >= 0.3 is 0 Å². The Morgan fingerprint density at radius 3 is 2.90 bits per heavy atom. The maximum atomic E-state index is 14.9. The van der Waals surface area contributed by atoms with Crippen molar-refractivity contribution in [2.24, 2.45) is 5.92 Å². The summed E-state index contributed by atoms with van der Waals surface area (Å²) in [5, 5.41) is 4.08. The van der Waals surface area contributed by atoms with E-state index in [0.29, 0.717) is 22.8 Å². The third kappa shape index (κ3) is 3.54. The van der Waals surface area contributed by atoms with Crippen molar-refractivity contribution in [2.45, 2.75) is 50.7 Å². The highest BCUT2D eigenvalue weighted by atomic mass is 19.2. The van der Waals surface area contributed by atoms with Gasteiger partial charge in [-0.1, -0.05) is 40.9 Å². The lowest BCUT2D eigenvalue weighted by Crippen LogP contribution is -2.54. The number of hydrogen-bond acceptors (Lipinski definition) is 3. The molecule has 30 heavy (non-hydrogen) atoms. The molecule has 3 aliphatic heterocycles. The van der Waals surface area contributed by atoms with Crippen LogP contribution in [-0.4, -0.2) is 41.6 Å². The number of halogens is 1. The summed E-state index contributed by atoms with van der Waals surface area (Å²) in [6.07, 6.45) is 4.67. The van der Waals surface area contributed by atoms with E-state index < -0.39 is 11.9 Å². The van der Waals surface area contributed by atoms with Crippen LogP contribution in [0, 0.1) is 5.92 Å². The minimum absolute atomic E-state index is 0.364. The Labute approximate surface area is 178 Å². The van der Waals surface area contributed by atoms with Gasteiger partial charge in [-0.25, -0.2) is 0 Å². The van der Waals surface area contributed by atoms with Gasteiger partial charge in [-0.15, -0.1) is 0 Å². The predicted molar refractivity (Wildman–Crippen MR) is 116 cm³/mol. The average molecular weight is 408 g/mol. The molecule has 0 aromatic heterocycles. The molecular weight excluding hydrogens is 377 g/mol. The molecule has 0 spiro atoms. The van der Waals surface area contributed by atoms with E-state index in [1.807, 2.05) is 42.5 Å². The van der Waals surface area contributed by atoms with Gasteiger partial charge < -0.3 is 5.32 Å². The van der Waals surface area contributed by atoms with Gasteiger partial charge in [-0.05, 0) is 73.9 Å². The van der Waals surface area contributed by atoms with Gasteiger partial charge in [0.05, 0.1) is 6.04 Å². The summed E-state index contributed by atoms with van der Waals surface area (Å²) in [5.41, 5.74) is 3.76. The third-order valence-corrected chi connectivity index (χ3v) is 7.35. The van der Waals surface area contributed by atoms with Gasteiger partial charge in [0.25, 0.3) is 5.91 Å². The Hall–Kier alpha value is -2.24. The fourth-order valence-corrected chi connectivity index (χ4v) is 5.61. The van der Waals surface area contributed by atoms with E-state index in [0.717, 1.165) is 44.0 Å². The maximum absolute atomic E-state index is 14.9. The largest absolute Gasteiger partial charge is 0.314 e. The van der Waals surface area contributed by atoms with Crippen LogP contribution in [-0.2, 0) is 6.42 Å². The Morgan fingerprint density at radius 1 is 1.23 bits per heavy atom. The summed E-state index contributed by atoms with van der Waals surface area (Å²) in [5.74, 6) is 0.200. The van der Waals surface area contributed by atoms with Crippen LogP contribution in [0.15, 0.2) is 48.5 Å². The molecule has 0 unspecified atom stereocenters.